The summed E-state index contributed by atoms with van der Waals surface area (Å²) in [4.78, 5) is 156. The zero-order valence-electron chi connectivity index (χ0n) is 58.2. The highest BCUT2D eigenvalue weighted by atomic mass is 35.5. The standard InChI is InChI=1S/C74H79Cl2N3O25/c1-39(81)93-37-60-67(95-41(3)83)69(97-43(5)85)71(99-45(7)87)73(103-60)101-58-31-55-65(53-18-13-11-16-51(53)58)49(33-75)35-78(55)63(90)25-22-47-21-23-48(57(30-47)92-29-27-77-62(89)20-10-9-15-28-80)24-26-64(91)79-36-50(34-76)66-54-19-14-12-17-52(54)59(32-56(66)79)102-74-72(100-46(8)88)70(98-44(6)86)68(96-42(4)84)61(104-74)38-94-40(2)82/h11-14,16-19,21-26,28,30-32,49-50,60-61,67-74H,9-10,15,20,27,29,33-38H2,1-8H3,(H,77,89)/b25-22+,26-24+/t49-,50-,60-,61-,67+,68+,69+,70+,71-,72-,73-,74-/m1/s1. The van der Waals surface area contributed by atoms with Gasteiger partial charge < -0.3 is 81.5 Å². The molecule has 4 aliphatic heterocycles. The number of carbonyl (C=O) groups is 12. The Morgan fingerprint density at radius 1 is 0.500 bits per heavy atom. The molecule has 2 saturated heterocycles. The van der Waals surface area contributed by atoms with Crippen LogP contribution in [0.4, 0.5) is 11.4 Å². The average Bonchev–Trinajstić information content (AvgIpc) is 1.54. The number of halogens is 2. The molecule has 0 spiro atoms. The van der Waals surface area contributed by atoms with Crippen LogP contribution in [0.5, 0.6) is 17.2 Å². The highest BCUT2D eigenvalue weighted by Crippen LogP contribution is 2.49. The van der Waals surface area contributed by atoms with E-state index in [4.69, 9.17) is 84.8 Å². The SMILES string of the molecule is CC(=O)OC[C@H]1O[C@@H](Oc2cc3c(c4ccccc24)[C@H](CCl)CN3C(=O)/C=C/c2ccc(/C=C/C(=O)N3C[C@@H](CCl)c4c3cc(O[C@@H]3O[C@H](COC(C)=O)[C@H](OC(C)=O)[C@H](OC(C)=O)[C@H]3OC(C)=O)c3ccccc43)c(OCCNC(=O)CCCCC=O)c2)[C@H](OC(C)=O)[C@@H](OC(C)=O)[C@H]1OC(C)=O. The number of aldehydes is 1. The monoisotopic (exact) mass is 1480 g/mol. The molecule has 0 unspecified atom stereocenters. The van der Waals surface area contributed by atoms with Crippen molar-refractivity contribution in [2.45, 2.75) is 154 Å². The largest absolute Gasteiger partial charge is 0.491 e. The van der Waals surface area contributed by atoms with Gasteiger partial charge >= 0.3 is 47.8 Å². The Balaban J connectivity index is 1.03. The molecule has 1 N–H and O–H groups in total. The molecule has 0 aliphatic carbocycles. The lowest BCUT2D eigenvalue weighted by atomic mass is 9.95. The molecule has 104 heavy (non-hydrogen) atoms. The fourth-order valence-electron chi connectivity index (χ4n) is 12.9. The van der Waals surface area contributed by atoms with Crippen LogP contribution in [0.3, 0.4) is 0 Å². The van der Waals surface area contributed by atoms with Crippen molar-refractivity contribution in [2.24, 2.45) is 0 Å². The molecule has 0 aromatic heterocycles. The van der Waals surface area contributed by atoms with Crippen LogP contribution in [0.1, 0.15) is 115 Å². The van der Waals surface area contributed by atoms with E-state index in [1.54, 1.807) is 72.8 Å². The average molecular weight is 1480 g/mol. The number of rotatable bonds is 29. The lowest BCUT2D eigenvalue weighted by molar-refractivity contribution is -0.288. The van der Waals surface area contributed by atoms with Crippen LogP contribution in [-0.2, 0) is 105 Å². The number of hydrogen-bond donors (Lipinski definition) is 1. The van der Waals surface area contributed by atoms with Gasteiger partial charge in [0.2, 0.25) is 30.7 Å². The van der Waals surface area contributed by atoms with E-state index in [1.165, 1.54) is 28.0 Å². The zero-order chi connectivity index (χ0) is 75.1. The van der Waals surface area contributed by atoms with Crippen molar-refractivity contribution in [3.63, 3.8) is 0 Å². The van der Waals surface area contributed by atoms with E-state index < -0.39 is 146 Å². The number of unbranched alkanes of at least 4 members (excludes halogenated alkanes) is 2. The van der Waals surface area contributed by atoms with E-state index in [1.807, 2.05) is 12.1 Å². The van der Waals surface area contributed by atoms with Crippen molar-refractivity contribution >= 4 is 140 Å². The fourth-order valence-corrected chi connectivity index (χ4v) is 13.4. The van der Waals surface area contributed by atoms with Crippen LogP contribution in [0.15, 0.2) is 91.0 Å². The van der Waals surface area contributed by atoms with Crippen LogP contribution in [-0.4, -0.2) is 184 Å². The molecule has 0 bridgehead atoms. The maximum absolute atomic E-state index is 14.9. The molecular weight excluding hydrogens is 1400 g/mol. The Morgan fingerprint density at radius 2 is 0.923 bits per heavy atom. The van der Waals surface area contributed by atoms with Gasteiger partial charge in [-0.25, -0.2) is 0 Å². The molecule has 30 heteroatoms. The number of ether oxygens (including phenoxy) is 13. The van der Waals surface area contributed by atoms with E-state index in [9.17, 15) is 57.5 Å². The van der Waals surface area contributed by atoms with Gasteiger partial charge in [0, 0.05) is 146 Å². The molecule has 12 atom stereocenters. The van der Waals surface area contributed by atoms with E-state index in [0.29, 0.717) is 74.4 Å². The number of nitrogens with one attached hydrogen (secondary N) is 1. The summed E-state index contributed by atoms with van der Waals surface area (Å²) in [6.07, 6.45) is -6.96. The molecule has 9 rings (SSSR count). The fraction of sp³-hybridized carbons (Fsp3) is 0.432. The van der Waals surface area contributed by atoms with E-state index in [0.717, 1.165) is 61.7 Å². The highest BCUT2D eigenvalue weighted by Gasteiger charge is 2.55. The van der Waals surface area contributed by atoms with Gasteiger partial charge in [-0.1, -0.05) is 60.7 Å². The lowest BCUT2D eigenvalue weighted by Gasteiger charge is -2.44. The molecule has 28 nitrogen and oxygen atoms in total. The molecule has 3 amide bonds. The molecule has 0 saturated carbocycles. The van der Waals surface area contributed by atoms with E-state index >= 15 is 0 Å². The highest BCUT2D eigenvalue weighted by molar-refractivity contribution is 6.20. The summed E-state index contributed by atoms with van der Waals surface area (Å²) in [6.45, 7) is 8.11. The van der Waals surface area contributed by atoms with Gasteiger partial charge in [0.05, 0.1) is 17.9 Å². The number of alkyl halides is 2. The van der Waals surface area contributed by atoms with Gasteiger partial charge in [0.1, 0.15) is 55.6 Å². The van der Waals surface area contributed by atoms with Gasteiger partial charge in [0.15, 0.2) is 24.4 Å². The number of fused-ring (bicyclic) bond motifs is 6. The second-order valence-electron chi connectivity index (χ2n) is 24.8. The minimum Gasteiger partial charge on any atom is -0.491 e. The Morgan fingerprint density at radius 3 is 1.35 bits per heavy atom. The number of anilines is 2. The predicted octanol–water partition coefficient (Wildman–Crippen LogP) is 7.94. The maximum Gasteiger partial charge on any atom is 0.303 e. The molecule has 554 valence electrons. The lowest BCUT2D eigenvalue weighted by Crippen LogP contribution is -2.63. The van der Waals surface area contributed by atoms with E-state index in [2.05, 4.69) is 5.32 Å². The topological polar surface area (TPSA) is 343 Å². The normalized spacial score (nSPS) is 22.5. The predicted molar refractivity (Wildman–Crippen MR) is 372 cm³/mol. The Kier molecular flexibility index (Phi) is 26.9. The maximum atomic E-state index is 14.9. The van der Waals surface area contributed by atoms with Crippen LogP contribution >= 0.6 is 23.2 Å². The summed E-state index contributed by atoms with van der Waals surface area (Å²) in [5, 5.41) is 5.11. The van der Waals surface area contributed by atoms with Gasteiger partial charge in [0.25, 0.3) is 11.8 Å². The number of nitrogens with zero attached hydrogens (tertiary/aromatic N) is 2. The first-order valence-corrected chi connectivity index (χ1v) is 34.5. The van der Waals surface area contributed by atoms with Crippen molar-refractivity contribution in [1.29, 1.82) is 0 Å². The first-order chi connectivity index (χ1) is 49.8. The number of amides is 3. The first-order valence-electron chi connectivity index (χ1n) is 33.4. The van der Waals surface area contributed by atoms with Gasteiger partial charge in [-0.15, -0.1) is 23.2 Å². The molecule has 5 aromatic rings. The third-order valence-corrected chi connectivity index (χ3v) is 17.8. The summed E-state index contributed by atoms with van der Waals surface area (Å²) in [7, 11) is 0. The third kappa shape index (κ3) is 19.4. The second-order valence-corrected chi connectivity index (χ2v) is 25.4. The second kappa shape index (κ2) is 35.8. The Bertz CT molecular complexity index is 4160. The van der Waals surface area contributed by atoms with Crippen molar-refractivity contribution < 1.29 is 119 Å². The minimum atomic E-state index is -1.62. The van der Waals surface area contributed by atoms with Crippen LogP contribution in [0, 0.1) is 0 Å². The number of esters is 8. The Labute approximate surface area is 607 Å². The number of carbonyl (C=O) groups excluding carboxylic acids is 12. The molecule has 0 radical (unpaired) electrons. The molecule has 4 heterocycles. The van der Waals surface area contributed by atoms with Crippen molar-refractivity contribution in [2.75, 3.05) is 61.0 Å². The minimum absolute atomic E-state index is 0.0481. The van der Waals surface area contributed by atoms with Crippen LogP contribution in [0.25, 0.3) is 33.7 Å². The summed E-state index contributed by atoms with van der Waals surface area (Å²) in [5.74, 6) is -7.91. The van der Waals surface area contributed by atoms with E-state index in [-0.39, 0.29) is 67.6 Å². The van der Waals surface area contributed by atoms with Crippen LogP contribution in [0.2, 0.25) is 0 Å². The van der Waals surface area contributed by atoms with Gasteiger partial charge in [-0.3, -0.25) is 52.7 Å². The van der Waals surface area contributed by atoms with Crippen molar-refractivity contribution in [1.82, 2.24) is 5.32 Å². The molecule has 4 aliphatic rings. The summed E-state index contributed by atoms with van der Waals surface area (Å²) in [5.41, 5.74) is 3.04. The third-order valence-electron chi connectivity index (χ3n) is 17.1. The quantitative estimate of drug-likeness (QED) is 0.0118. The van der Waals surface area contributed by atoms with Gasteiger partial charge in [-0.05, 0) is 58.5 Å². The summed E-state index contributed by atoms with van der Waals surface area (Å²) >= 11 is 13.4. The van der Waals surface area contributed by atoms with Crippen LogP contribution < -0.4 is 29.3 Å². The smallest absolute Gasteiger partial charge is 0.303 e. The molecule has 5 aromatic carbocycles. The molecule has 2 fully saturated rings. The number of benzene rings is 5. The van der Waals surface area contributed by atoms with Crippen molar-refractivity contribution in [3.05, 3.63) is 113 Å². The summed E-state index contributed by atoms with van der Waals surface area (Å²) < 4.78 is 76.6. The van der Waals surface area contributed by atoms with Gasteiger partial charge in [-0.2, -0.15) is 0 Å². The first kappa shape index (κ1) is 78.0. The van der Waals surface area contributed by atoms with Crippen molar-refractivity contribution in [3.8, 4) is 17.2 Å². The Hall–Kier alpha value is -10.2. The molecular formula is C74H79Cl2N3O25. The summed E-state index contributed by atoms with van der Waals surface area (Å²) in [6, 6.07) is 22.4. The zero-order valence-corrected chi connectivity index (χ0v) is 59.7. The number of hydrogen-bond acceptors (Lipinski definition) is 25.